The van der Waals surface area contributed by atoms with Crippen LogP contribution in [0.2, 0.25) is 0 Å². The maximum absolute atomic E-state index is 13.0. The number of rotatable bonds is 4. The highest BCUT2D eigenvalue weighted by Crippen LogP contribution is 2.25. The zero-order chi connectivity index (χ0) is 17.9. The molecule has 2 aromatic heterocycles. The molecule has 1 amide bonds. The molecule has 1 aliphatic heterocycles. The highest BCUT2D eigenvalue weighted by Gasteiger charge is 2.30. The van der Waals surface area contributed by atoms with E-state index >= 15 is 0 Å². The second-order valence-corrected chi connectivity index (χ2v) is 7.25. The summed E-state index contributed by atoms with van der Waals surface area (Å²) in [5, 5.41) is 6.30. The predicted octanol–water partition coefficient (Wildman–Crippen LogP) is 3.10. The molecule has 0 spiro atoms. The second-order valence-electron chi connectivity index (χ2n) is 6.39. The minimum atomic E-state index is -0.0384. The summed E-state index contributed by atoms with van der Waals surface area (Å²) < 4.78 is 1.98. The van der Waals surface area contributed by atoms with Crippen molar-refractivity contribution in [2.75, 3.05) is 19.6 Å². The van der Waals surface area contributed by atoms with Crippen LogP contribution in [-0.2, 0) is 18.3 Å². The molecule has 1 saturated heterocycles. The molecule has 3 heterocycles. The Bertz CT molecular complexity index is 899. The lowest BCUT2D eigenvalue weighted by atomic mass is 10.1. The molecule has 1 aromatic carbocycles. The van der Waals surface area contributed by atoms with Crippen LogP contribution in [0.4, 0.5) is 0 Å². The van der Waals surface area contributed by atoms with Crippen molar-refractivity contribution in [2.45, 2.75) is 12.5 Å². The normalized spacial score (nSPS) is 16.2. The van der Waals surface area contributed by atoms with Crippen molar-refractivity contribution in [3.8, 4) is 10.6 Å². The summed E-state index contributed by atoms with van der Waals surface area (Å²) in [6, 6.07) is 10.0. The van der Waals surface area contributed by atoms with Crippen molar-refractivity contribution < 1.29 is 4.79 Å². The Morgan fingerprint density at radius 3 is 2.79 bits per heavy atom. The van der Waals surface area contributed by atoms with Crippen LogP contribution in [0.25, 0.3) is 10.6 Å². The van der Waals surface area contributed by atoms with E-state index in [1.54, 1.807) is 17.5 Å². The van der Waals surface area contributed by atoms with Crippen LogP contribution in [0.1, 0.15) is 17.6 Å². The quantitative estimate of drug-likeness (QED) is 0.678. The van der Waals surface area contributed by atoms with Crippen LogP contribution in [-0.4, -0.2) is 45.0 Å². The molecule has 1 aliphatic rings. The molecule has 1 fully saturated rings. The number of hydrogen-bond acceptors (Lipinski definition) is 5. The fourth-order valence-corrected chi connectivity index (χ4v) is 4.12. The van der Waals surface area contributed by atoms with Crippen molar-refractivity contribution in [1.29, 1.82) is 0 Å². The molecule has 1 N–H and O–H groups in total. The van der Waals surface area contributed by atoms with Crippen LogP contribution in [0, 0.1) is 0 Å². The van der Waals surface area contributed by atoms with Crippen LogP contribution in [0.15, 0.2) is 48.1 Å². The van der Waals surface area contributed by atoms with Gasteiger partial charge in [-0.05, 0) is 0 Å². The average molecular weight is 440 g/mol. The van der Waals surface area contributed by atoms with Gasteiger partial charge in [-0.15, -0.1) is 36.2 Å². The summed E-state index contributed by atoms with van der Waals surface area (Å²) in [4.78, 5) is 24.0. The molecule has 4 rings (SSSR count). The highest BCUT2D eigenvalue weighted by atomic mass is 35.5. The summed E-state index contributed by atoms with van der Waals surface area (Å²) in [5.74, 6) is 1.01. The van der Waals surface area contributed by atoms with Crippen molar-refractivity contribution in [3.63, 3.8) is 0 Å². The zero-order valence-electron chi connectivity index (χ0n) is 15.4. The number of halogens is 2. The van der Waals surface area contributed by atoms with Gasteiger partial charge in [-0.25, -0.2) is 9.97 Å². The molecule has 6 nitrogen and oxygen atoms in total. The highest BCUT2D eigenvalue weighted by molar-refractivity contribution is 7.13. The number of aryl methyl sites for hydroxylation is 1. The third-order valence-corrected chi connectivity index (χ3v) is 5.57. The lowest BCUT2D eigenvalue weighted by Gasteiger charge is -2.35. The van der Waals surface area contributed by atoms with Crippen LogP contribution >= 0.6 is 36.2 Å². The van der Waals surface area contributed by atoms with Crippen molar-refractivity contribution in [3.05, 3.63) is 59.6 Å². The first-order valence-corrected chi connectivity index (χ1v) is 9.57. The zero-order valence-corrected chi connectivity index (χ0v) is 17.9. The van der Waals surface area contributed by atoms with E-state index in [1.807, 2.05) is 58.4 Å². The topological polar surface area (TPSA) is 63.1 Å². The summed E-state index contributed by atoms with van der Waals surface area (Å²) >= 11 is 1.58. The first-order valence-electron chi connectivity index (χ1n) is 8.69. The number of carbonyl (C=O) groups excluding carboxylic acids is 1. The fourth-order valence-electron chi connectivity index (χ4n) is 3.29. The molecule has 150 valence electrons. The summed E-state index contributed by atoms with van der Waals surface area (Å²) in [7, 11) is 1.96. The summed E-state index contributed by atoms with van der Waals surface area (Å²) in [6.45, 7) is 2.22. The second kappa shape index (κ2) is 10.0. The minimum Gasteiger partial charge on any atom is -0.336 e. The number of amides is 1. The maximum atomic E-state index is 13.0. The molecular formula is C19H23Cl2N5OS. The van der Waals surface area contributed by atoms with Gasteiger partial charge < -0.3 is 14.8 Å². The molecular weight excluding hydrogens is 417 g/mol. The predicted molar refractivity (Wildman–Crippen MR) is 116 cm³/mol. The van der Waals surface area contributed by atoms with E-state index < -0.39 is 0 Å². The van der Waals surface area contributed by atoms with Gasteiger partial charge in [-0.1, -0.05) is 30.3 Å². The van der Waals surface area contributed by atoms with E-state index in [0.717, 1.165) is 35.2 Å². The Balaban J connectivity index is 0.00000140. The lowest BCUT2D eigenvalue weighted by Crippen LogP contribution is -2.49. The number of nitrogens with one attached hydrogen (secondary N) is 1. The molecule has 1 atom stereocenters. The number of imidazole rings is 1. The molecule has 9 heteroatoms. The largest absolute Gasteiger partial charge is 0.336 e. The molecule has 0 radical (unpaired) electrons. The first kappa shape index (κ1) is 22.4. The SMILES string of the molecule is Cl.Cl.Cn1ccnc1C1CNCCN1C(=O)Cc1csc(-c2ccccc2)n1. The van der Waals surface area contributed by atoms with Crippen molar-refractivity contribution >= 4 is 42.1 Å². The Hall–Kier alpha value is -1.93. The van der Waals surface area contributed by atoms with Gasteiger partial charge in [0.25, 0.3) is 0 Å². The Morgan fingerprint density at radius 1 is 1.29 bits per heavy atom. The number of hydrogen-bond donors (Lipinski definition) is 1. The third-order valence-electron chi connectivity index (χ3n) is 4.63. The maximum Gasteiger partial charge on any atom is 0.229 e. The van der Waals surface area contributed by atoms with E-state index in [1.165, 1.54) is 0 Å². The van der Waals surface area contributed by atoms with E-state index in [4.69, 9.17) is 0 Å². The number of benzene rings is 1. The van der Waals surface area contributed by atoms with Gasteiger partial charge in [0.15, 0.2) is 0 Å². The van der Waals surface area contributed by atoms with Crippen LogP contribution in [0.3, 0.4) is 0 Å². The van der Waals surface area contributed by atoms with Crippen LogP contribution < -0.4 is 5.32 Å². The van der Waals surface area contributed by atoms with Crippen molar-refractivity contribution in [1.82, 2.24) is 24.8 Å². The lowest BCUT2D eigenvalue weighted by molar-refractivity contribution is -0.134. The molecule has 0 bridgehead atoms. The Kier molecular flexibility index (Phi) is 8.00. The van der Waals surface area contributed by atoms with Gasteiger partial charge in [0.2, 0.25) is 5.91 Å². The number of nitrogens with zero attached hydrogens (tertiary/aromatic N) is 4. The summed E-state index contributed by atoms with van der Waals surface area (Å²) in [6.07, 6.45) is 4.02. The van der Waals surface area contributed by atoms with Crippen molar-refractivity contribution in [2.24, 2.45) is 7.05 Å². The third kappa shape index (κ3) is 4.72. The van der Waals surface area contributed by atoms with E-state index in [-0.39, 0.29) is 36.8 Å². The monoisotopic (exact) mass is 439 g/mol. The van der Waals surface area contributed by atoms with E-state index in [0.29, 0.717) is 13.0 Å². The van der Waals surface area contributed by atoms with Gasteiger partial charge in [0.1, 0.15) is 16.9 Å². The number of aromatic nitrogens is 3. The summed E-state index contributed by atoms with van der Waals surface area (Å²) in [5.41, 5.74) is 1.92. The number of piperazine rings is 1. The Labute approximate surface area is 180 Å². The number of carbonyl (C=O) groups is 1. The number of thiazole rings is 1. The smallest absolute Gasteiger partial charge is 0.229 e. The molecule has 0 saturated carbocycles. The standard InChI is InChI=1S/C19H21N5OS.2ClH/c1-23-9-8-21-18(23)16-12-20-7-10-24(16)17(25)11-15-13-26-19(22-15)14-5-3-2-4-6-14;;/h2-6,8-9,13,16,20H,7,10-12H2,1H3;2*1H. The molecule has 1 unspecified atom stereocenters. The first-order chi connectivity index (χ1) is 12.7. The fraction of sp³-hybridized carbons (Fsp3) is 0.316. The minimum absolute atomic E-state index is 0. The van der Waals surface area contributed by atoms with Gasteiger partial charge in [0.05, 0.1) is 12.1 Å². The van der Waals surface area contributed by atoms with Crippen LogP contribution in [0.5, 0.6) is 0 Å². The van der Waals surface area contributed by atoms with Gasteiger partial charge in [-0.3, -0.25) is 4.79 Å². The molecule has 3 aromatic rings. The average Bonchev–Trinajstić information content (AvgIpc) is 3.31. The molecule has 28 heavy (non-hydrogen) atoms. The molecule has 0 aliphatic carbocycles. The van der Waals surface area contributed by atoms with Gasteiger partial charge >= 0.3 is 0 Å². The van der Waals surface area contributed by atoms with Gasteiger partial charge in [0, 0.05) is 50.0 Å². The van der Waals surface area contributed by atoms with E-state index in [9.17, 15) is 4.79 Å². The Morgan fingerprint density at radius 2 is 2.07 bits per heavy atom. The van der Waals surface area contributed by atoms with Gasteiger partial charge in [-0.2, -0.15) is 0 Å². The van der Waals surface area contributed by atoms with E-state index in [2.05, 4.69) is 15.3 Å².